The van der Waals surface area contributed by atoms with E-state index in [-0.39, 0.29) is 11.3 Å². The van der Waals surface area contributed by atoms with Gasteiger partial charge in [-0.1, -0.05) is 36.4 Å². The minimum absolute atomic E-state index is 0.0468. The lowest BCUT2D eigenvalue weighted by molar-refractivity contribution is -0.138. The van der Waals surface area contributed by atoms with Crippen LogP contribution in [0.15, 0.2) is 48.5 Å². The maximum Gasteiger partial charge on any atom is 0.327 e. The second-order valence-corrected chi connectivity index (χ2v) is 6.67. The number of carbonyl (C=O) groups excluding carboxylic acids is 1. The number of phenols is 1. The van der Waals surface area contributed by atoms with Gasteiger partial charge in [0.25, 0.3) is 16.0 Å². The van der Waals surface area contributed by atoms with E-state index in [0.29, 0.717) is 11.1 Å². The number of aliphatic carboxylic acids is 1. The number of carbonyl (C=O) groups is 2. The van der Waals surface area contributed by atoms with Gasteiger partial charge in [0.2, 0.25) is 0 Å². The quantitative estimate of drug-likeness (QED) is 0.562. The van der Waals surface area contributed by atoms with Gasteiger partial charge in [-0.15, -0.1) is 0 Å². The predicted molar refractivity (Wildman–Crippen MR) is 88.8 cm³/mol. The highest BCUT2D eigenvalue weighted by Gasteiger charge is 2.27. The summed E-state index contributed by atoms with van der Waals surface area (Å²) in [6.07, 6.45) is 0. The Bertz CT molecular complexity index is 908. The number of benzene rings is 2. The van der Waals surface area contributed by atoms with E-state index in [1.807, 2.05) is 0 Å². The molecule has 0 saturated carbocycles. The highest BCUT2D eigenvalue weighted by Crippen LogP contribution is 2.31. The minimum atomic E-state index is -4.60. The molecule has 9 heteroatoms. The van der Waals surface area contributed by atoms with Crippen LogP contribution in [0, 0.1) is 0 Å². The average molecular weight is 365 g/mol. The SMILES string of the molecule is O=C(NC(CS(=O)(=O)O)C(=O)O)c1ccccc1-c1ccccc1O. The predicted octanol–water partition coefficient (Wildman–Crippen LogP) is 1.13. The molecule has 132 valence electrons. The Morgan fingerprint density at radius 3 is 2.12 bits per heavy atom. The van der Waals surface area contributed by atoms with Crippen molar-refractivity contribution in [3.8, 4) is 16.9 Å². The van der Waals surface area contributed by atoms with Gasteiger partial charge in [-0.3, -0.25) is 9.35 Å². The van der Waals surface area contributed by atoms with Crippen molar-refractivity contribution in [1.82, 2.24) is 5.32 Å². The smallest absolute Gasteiger partial charge is 0.327 e. The van der Waals surface area contributed by atoms with Gasteiger partial charge < -0.3 is 15.5 Å². The summed E-state index contributed by atoms with van der Waals surface area (Å²) in [5, 5.41) is 21.0. The maximum atomic E-state index is 12.4. The molecule has 2 rings (SSSR count). The molecule has 0 aliphatic heterocycles. The van der Waals surface area contributed by atoms with E-state index in [1.54, 1.807) is 30.3 Å². The van der Waals surface area contributed by atoms with Crippen LogP contribution in [-0.2, 0) is 14.9 Å². The lowest BCUT2D eigenvalue weighted by atomic mass is 9.98. The molecule has 0 heterocycles. The van der Waals surface area contributed by atoms with Gasteiger partial charge >= 0.3 is 5.97 Å². The van der Waals surface area contributed by atoms with Gasteiger partial charge in [-0.05, 0) is 17.7 Å². The van der Waals surface area contributed by atoms with Crippen molar-refractivity contribution < 1.29 is 32.8 Å². The fourth-order valence-electron chi connectivity index (χ4n) is 2.24. The standard InChI is InChI=1S/C16H15NO7S/c18-14-8-4-3-6-11(14)10-5-1-2-7-12(10)15(19)17-13(16(20)21)9-25(22,23)24/h1-8,13,18H,9H2,(H,17,19)(H,20,21)(H,22,23,24). The first kappa shape index (κ1) is 18.4. The zero-order chi connectivity index (χ0) is 18.6. The number of aromatic hydroxyl groups is 1. The Labute approximate surface area is 143 Å². The van der Waals surface area contributed by atoms with E-state index in [2.05, 4.69) is 5.32 Å². The normalized spacial score (nSPS) is 12.4. The number of carboxylic acids is 1. The second kappa shape index (κ2) is 7.32. The summed E-state index contributed by atoms with van der Waals surface area (Å²) in [5.41, 5.74) is 0.745. The third-order valence-electron chi connectivity index (χ3n) is 3.35. The molecule has 0 fully saturated rings. The van der Waals surface area contributed by atoms with Crippen molar-refractivity contribution >= 4 is 22.0 Å². The molecule has 4 N–H and O–H groups in total. The van der Waals surface area contributed by atoms with E-state index in [9.17, 15) is 23.1 Å². The van der Waals surface area contributed by atoms with Crippen LogP contribution >= 0.6 is 0 Å². The minimum Gasteiger partial charge on any atom is -0.507 e. The topological polar surface area (TPSA) is 141 Å². The first-order valence-corrected chi connectivity index (χ1v) is 8.66. The molecular weight excluding hydrogens is 350 g/mol. The fourth-order valence-corrected chi connectivity index (χ4v) is 2.89. The lowest BCUT2D eigenvalue weighted by Gasteiger charge is -2.15. The Morgan fingerprint density at radius 2 is 1.56 bits per heavy atom. The molecular formula is C16H15NO7S. The first-order chi connectivity index (χ1) is 11.7. The van der Waals surface area contributed by atoms with Crippen LogP contribution in [0.2, 0.25) is 0 Å². The van der Waals surface area contributed by atoms with Crippen LogP contribution in [0.5, 0.6) is 5.75 Å². The molecule has 1 amide bonds. The molecule has 0 spiro atoms. The van der Waals surface area contributed by atoms with Crippen molar-refractivity contribution in [2.75, 3.05) is 5.75 Å². The molecule has 1 unspecified atom stereocenters. The Morgan fingerprint density at radius 1 is 1.00 bits per heavy atom. The molecule has 2 aromatic carbocycles. The number of para-hydroxylation sites is 1. The van der Waals surface area contributed by atoms with Crippen LogP contribution in [0.4, 0.5) is 0 Å². The number of hydrogen-bond donors (Lipinski definition) is 4. The second-order valence-electron chi connectivity index (χ2n) is 5.18. The van der Waals surface area contributed by atoms with Crippen LogP contribution in [0.25, 0.3) is 11.1 Å². The van der Waals surface area contributed by atoms with Crippen molar-refractivity contribution in [2.24, 2.45) is 0 Å². The molecule has 2 aromatic rings. The van der Waals surface area contributed by atoms with Gasteiger partial charge in [0, 0.05) is 11.1 Å². The summed E-state index contributed by atoms with van der Waals surface area (Å²) in [6.45, 7) is 0. The zero-order valence-corrected chi connectivity index (χ0v) is 13.6. The summed E-state index contributed by atoms with van der Waals surface area (Å²) < 4.78 is 30.6. The van der Waals surface area contributed by atoms with Crippen LogP contribution in [-0.4, -0.2) is 46.9 Å². The van der Waals surface area contributed by atoms with Crippen LogP contribution in [0.1, 0.15) is 10.4 Å². The highest BCUT2D eigenvalue weighted by molar-refractivity contribution is 7.85. The summed E-state index contributed by atoms with van der Waals surface area (Å²) >= 11 is 0. The molecule has 1 atom stereocenters. The van der Waals surface area contributed by atoms with Crippen molar-refractivity contribution in [1.29, 1.82) is 0 Å². The molecule has 0 radical (unpaired) electrons. The maximum absolute atomic E-state index is 12.4. The monoisotopic (exact) mass is 365 g/mol. The van der Waals surface area contributed by atoms with Gasteiger partial charge in [0.1, 0.15) is 17.5 Å². The lowest BCUT2D eigenvalue weighted by Crippen LogP contribution is -2.45. The molecule has 0 saturated heterocycles. The van der Waals surface area contributed by atoms with Gasteiger partial charge in [0.05, 0.1) is 0 Å². The van der Waals surface area contributed by atoms with Gasteiger partial charge in [0.15, 0.2) is 0 Å². The number of hydrogen-bond acceptors (Lipinski definition) is 5. The first-order valence-electron chi connectivity index (χ1n) is 7.05. The molecule has 0 aliphatic rings. The Balaban J connectivity index is 2.37. The average Bonchev–Trinajstić information content (AvgIpc) is 2.53. The number of amides is 1. The summed E-state index contributed by atoms with van der Waals surface area (Å²) in [5.74, 6) is -3.69. The molecule has 0 aromatic heterocycles. The van der Waals surface area contributed by atoms with E-state index >= 15 is 0 Å². The summed E-state index contributed by atoms with van der Waals surface area (Å²) in [4.78, 5) is 23.5. The fraction of sp³-hybridized carbons (Fsp3) is 0.125. The number of nitrogens with one attached hydrogen (secondary N) is 1. The zero-order valence-electron chi connectivity index (χ0n) is 12.8. The van der Waals surface area contributed by atoms with Gasteiger partial charge in [-0.25, -0.2) is 4.79 Å². The van der Waals surface area contributed by atoms with Crippen LogP contribution < -0.4 is 5.32 Å². The van der Waals surface area contributed by atoms with E-state index < -0.39 is 33.8 Å². The number of carboxylic acid groups (broad SMARTS) is 1. The Hall–Kier alpha value is -2.91. The van der Waals surface area contributed by atoms with E-state index in [0.717, 1.165) is 0 Å². The molecule has 0 aliphatic carbocycles. The Kier molecular flexibility index (Phi) is 5.40. The third kappa shape index (κ3) is 4.78. The van der Waals surface area contributed by atoms with Crippen molar-refractivity contribution in [3.05, 3.63) is 54.1 Å². The van der Waals surface area contributed by atoms with Gasteiger partial charge in [-0.2, -0.15) is 8.42 Å². The van der Waals surface area contributed by atoms with Crippen molar-refractivity contribution in [2.45, 2.75) is 6.04 Å². The number of phenolic OH excluding ortho intramolecular Hbond substituents is 1. The van der Waals surface area contributed by atoms with E-state index in [1.165, 1.54) is 18.2 Å². The molecule has 25 heavy (non-hydrogen) atoms. The van der Waals surface area contributed by atoms with Crippen molar-refractivity contribution in [3.63, 3.8) is 0 Å². The van der Waals surface area contributed by atoms with Crippen LogP contribution in [0.3, 0.4) is 0 Å². The molecule has 8 nitrogen and oxygen atoms in total. The summed E-state index contributed by atoms with van der Waals surface area (Å²) in [6, 6.07) is 10.6. The van der Waals surface area contributed by atoms with E-state index in [4.69, 9.17) is 9.66 Å². The summed E-state index contributed by atoms with van der Waals surface area (Å²) in [7, 11) is -4.60. The number of rotatable bonds is 6. The third-order valence-corrected chi connectivity index (χ3v) is 4.10. The highest BCUT2D eigenvalue weighted by atomic mass is 32.2. The largest absolute Gasteiger partial charge is 0.507 e. The molecule has 0 bridgehead atoms.